The van der Waals surface area contributed by atoms with E-state index in [1.54, 1.807) is 0 Å². The molecule has 0 fully saturated rings. The molecule has 0 aliphatic rings. The van der Waals surface area contributed by atoms with Crippen molar-refractivity contribution in [3.63, 3.8) is 0 Å². The summed E-state index contributed by atoms with van der Waals surface area (Å²) in [6, 6.07) is 32.5. The molecule has 0 saturated heterocycles. The van der Waals surface area contributed by atoms with Crippen molar-refractivity contribution < 1.29 is 4.57 Å². The van der Waals surface area contributed by atoms with Gasteiger partial charge in [0.05, 0.1) is 11.4 Å². The van der Waals surface area contributed by atoms with E-state index in [1.807, 2.05) is 72.8 Å². The maximum absolute atomic E-state index is 6.36. The van der Waals surface area contributed by atoms with E-state index in [-0.39, 0.29) is 0 Å². The first-order valence-corrected chi connectivity index (χ1v) is 9.21. The van der Waals surface area contributed by atoms with Crippen LogP contribution < -0.4 is 15.6 Å². The lowest BCUT2D eigenvalue weighted by molar-refractivity contribution is -0.538. The fourth-order valence-corrected chi connectivity index (χ4v) is 3.51. The van der Waals surface area contributed by atoms with Gasteiger partial charge in [-0.2, -0.15) is 0 Å². The molecular weight excluding hydrogens is 344 g/mol. The van der Waals surface area contributed by atoms with E-state index in [2.05, 4.69) is 34.1 Å². The maximum atomic E-state index is 6.36. The number of nitrogens with zero attached hydrogens (tertiary/aromatic N) is 2. The monoisotopic (exact) mass is 363 g/mol. The Morgan fingerprint density at radius 3 is 2.14 bits per heavy atom. The van der Waals surface area contributed by atoms with Crippen LogP contribution in [0.2, 0.25) is 0 Å². The minimum atomic E-state index is 0.666. The Hall–Kier alpha value is -3.92. The highest BCUT2D eigenvalue weighted by Gasteiger charge is 2.20. The highest BCUT2D eigenvalue weighted by atomic mass is 15.0. The van der Waals surface area contributed by atoms with Crippen LogP contribution in [0.15, 0.2) is 97.1 Å². The third-order valence-corrected chi connectivity index (χ3v) is 4.82. The van der Waals surface area contributed by atoms with Gasteiger partial charge >= 0.3 is 0 Å². The summed E-state index contributed by atoms with van der Waals surface area (Å²) in [6.07, 6.45) is 0. The quantitative estimate of drug-likeness (QED) is 0.270. The predicted molar refractivity (Wildman–Crippen MR) is 115 cm³/mol. The van der Waals surface area contributed by atoms with Crippen LogP contribution in [0.5, 0.6) is 0 Å². The first kappa shape index (κ1) is 16.3. The Kier molecular flexibility index (Phi) is 3.87. The molecule has 5 rings (SSSR count). The molecule has 0 saturated carbocycles. The summed E-state index contributed by atoms with van der Waals surface area (Å²) < 4.78 is 2.23. The molecule has 1 aromatic heterocycles. The number of hydrogen-bond acceptors (Lipinski definition) is 3. The van der Waals surface area contributed by atoms with E-state index in [0.717, 1.165) is 39.1 Å². The number of anilines is 3. The molecule has 134 valence electrons. The van der Waals surface area contributed by atoms with Crippen molar-refractivity contribution in [1.82, 2.24) is 4.98 Å². The maximum Gasteiger partial charge on any atom is 0.239 e. The summed E-state index contributed by atoms with van der Waals surface area (Å²) >= 11 is 0. The molecule has 4 aromatic carbocycles. The molecule has 3 N–H and O–H groups in total. The van der Waals surface area contributed by atoms with Crippen LogP contribution in [0.3, 0.4) is 0 Å². The molecular formula is C24H19N4+. The summed E-state index contributed by atoms with van der Waals surface area (Å²) in [5.74, 6) is 0. The summed E-state index contributed by atoms with van der Waals surface area (Å²) in [7, 11) is 0. The highest BCUT2D eigenvalue weighted by molar-refractivity contribution is 5.90. The van der Waals surface area contributed by atoms with Crippen molar-refractivity contribution in [2.45, 2.75) is 0 Å². The summed E-state index contributed by atoms with van der Waals surface area (Å²) in [4.78, 5) is 4.84. The normalized spacial score (nSPS) is 11.0. The van der Waals surface area contributed by atoms with E-state index >= 15 is 0 Å². The lowest BCUT2D eigenvalue weighted by Crippen LogP contribution is -2.33. The number of benzene rings is 4. The standard InChI is InChI=1S/C24H18N4/c25-19-15-22-24(16-21(19)26-17-9-3-1-4-10-17)28(18-11-5-2-6-12-18)23-14-8-7-13-20(23)27-22/h1-16H,(H2,25,27)/p+1. The van der Waals surface area contributed by atoms with Gasteiger partial charge in [0, 0.05) is 30.0 Å². The van der Waals surface area contributed by atoms with Gasteiger partial charge in [-0.1, -0.05) is 48.5 Å². The number of aromatic nitrogens is 2. The van der Waals surface area contributed by atoms with Crippen molar-refractivity contribution in [3.05, 3.63) is 97.1 Å². The van der Waals surface area contributed by atoms with Crippen LogP contribution in [0, 0.1) is 0 Å². The Morgan fingerprint density at radius 1 is 0.679 bits per heavy atom. The van der Waals surface area contributed by atoms with E-state index in [9.17, 15) is 0 Å². The zero-order valence-electron chi connectivity index (χ0n) is 15.2. The lowest BCUT2D eigenvalue weighted by atomic mass is 10.1. The fraction of sp³-hybridized carbons (Fsp3) is 0. The molecule has 5 aromatic rings. The Morgan fingerprint density at radius 2 is 1.36 bits per heavy atom. The smallest absolute Gasteiger partial charge is 0.239 e. The van der Waals surface area contributed by atoms with E-state index < -0.39 is 0 Å². The fourth-order valence-electron chi connectivity index (χ4n) is 3.51. The number of rotatable bonds is 3. The number of nitrogens with two attached hydrogens (primary N) is 1. The Bertz CT molecular complexity index is 1280. The number of fused-ring (bicyclic) bond motifs is 2. The first-order valence-electron chi connectivity index (χ1n) is 9.21. The van der Waals surface area contributed by atoms with E-state index in [1.165, 1.54) is 0 Å². The minimum Gasteiger partial charge on any atom is -0.397 e. The SMILES string of the molecule is Nc1cc2nc3ccccc3[n+](-c3ccccc3)c2cc1Nc1ccccc1. The number of para-hydroxylation sites is 4. The van der Waals surface area contributed by atoms with E-state index in [4.69, 9.17) is 10.7 Å². The molecule has 0 unspecified atom stereocenters. The van der Waals surface area contributed by atoms with Crippen LogP contribution in [0.4, 0.5) is 17.1 Å². The van der Waals surface area contributed by atoms with Crippen molar-refractivity contribution in [3.8, 4) is 5.69 Å². The third kappa shape index (κ3) is 2.81. The van der Waals surface area contributed by atoms with Gasteiger partial charge in [-0.05, 0) is 24.3 Å². The molecule has 0 bridgehead atoms. The van der Waals surface area contributed by atoms with Gasteiger partial charge in [0.2, 0.25) is 16.7 Å². The van der Waals surface area contributed by atoms with Gasteiger partial charge in [0.25, 0.3) is 0 Å². The second-order valence-corrected chi connectivity index (χ2v) is 6.69. The lowest BCUT2D eigenvalue weighted by Gasteiger charge is -2.11. The average molecular weight is 363 g/mol. The average Bonchev–Trinajstić information content (AvgIpc) is 2.74. The van der Waals surface area contributed by atoms with Crippen LogP contribution in [0.1, 0.15) is 0 Å². The minimum absolute atomic E-state index is 0.666. The van der Waals surface area contributed by atoms with Crippen molar-refractivity contribution in [1.29, 1.82) is 0 Å². The van der Waals surface area contributed by atoms with Gasteiger partial charge in [0.15, 0.2) is 0 Å². The van der Waals surface area contributed by atoms with E-state index in [0.29, 0.717) is 5.69 Å². The van der Waals surface area contributed by atoms with Crippen LogP contribution in [0.25, 0.3) is 27.8 Å². The largest absolute Gasteiger partial charge is 0.397 e. The number of nitrogens with one attached hydrogen (secondary N) is 1. The first-order chi connectivity index (χ1) is 13.8. The highest BCUT2D eigenvalue weighted by Crippen LogP contribution is 2.28. The summed E-state index contributed by atoms with van der Waals surface area (Å²) in [6.45, 7) is 0. The van der Waals surface area contributed by atoms with Crippen LogP contribution in [-0.2, 0) is 0 Å². The second kappa shape index (κ2) is 6.67. The van der Waals surface area contributed by atoms with Crippen molar-refractivity contribution in [2.24, 2.45) is 0 Å². The van der Waals surface area contributed by atoms with Crippen LogP contribution >= 0.6 is 0 Å². The summed E-state index contributed by atoms with van der Waals surface area (Å²) in [5, 5.41) is 3.42. The van der Waals surface area contributed by atoms with Gasteiger partial charge < -0.3 is 11.1 Å². The molecule has 0 amide bonds. The zero-order chi connectivity index (χ0) is 18.9. The topological polar surface area (TPSA) is 54.8 Å². The third-order valence-electron chi connectivity index (χ3n) is 4.82. The molecule has 0 aliphatic heterocycles. The number of hydrogen-bond donors (Lipinski definition) is 2. The Labute approximate surface area is 162 Å². The van der Waals surface area contributed by atoms with Gasteiger partial charge in [-0.3, -0.25) is 0 Å². The molecule has 0 atom stereocenters. The van der Waals surface area contributed by atoms with Gasteiger partial charge in [-0.25, -0.2) is 4.98 Å². The molecule has 4 heteroatoms. The van der Waals surface area contributed by atoms with Crippen molar-refractivity contribution in [2.75, 3.05) is 11.1 Å². The molecule has 0 aliphatic carbocycles. The van der Waals surface area contributed by atoms with Crippen LogP contribution in [-0.4, -0.2) is 4.98 Å². The predicted octanol–water partition coefficient (Wildman–Crippen LogP) is 4.99. The van der Waals surface area contributed by atoms with Crippen molar-refractivity contribution >= 4 is 39.1 Å². The molecule has 4 nitrogen and oxygen atoms in total. The molecule has 0 radical (unpaired) electrons. The summed E-state index contributed by atoms with van der Waals surface area (Å²) in [5.41, 5.74) is 13.8. The van der Waals surface area contributed by atoms with Gasteiger partial charge in [-0.15, -0.1) is 4.57 Å². The number of nitrogen functional groups attached to an aromatic ring is 1. The van der Waals surface area contributed by atoms with Gasteiger partial charge in [0.1, 0.15) is 11.0 Å². The molecule has 28 heavy (non-hydrogen) atoms. The zero-order valence-corrected chi connectivity index (χ0v) is 15.2. The molecule has 0 spiro atoms. The Balaban J connectivity index is 1.81. The second-order valence-electron chi connectivity index (χ2n) is 6.69. The molecule has 1 heterocycles.